The molecular weight excluding hydrogens is 212 g/mol. The number of benzene rings is 1. The quantitative estimate of drug-likeness (QED) is 0.575. The summed E-state index contributed by atoms with van der Waals surface area (Å²) in [7, 11) is 0. The van der Waals surface area contributed by atoms with E-state index in [0.29, 0.717) is 6.61 Å². The van der Waals surface area contributed by atoms with E-state index in [1.54, 1.807) is 6.92 Å². The summed E-state index contributed by atoms with van der Waals surface area (Å²) < 4.78 is 4.80. The van der Waals surface area contributed by atoms with Crippen molar-refractivity contribution in [1.82, 2.24) is 0 Å². The lowest BCUT2D eigenvalue weighted by Crippen LogP contribution is -1.98. The van der Waals surface area contributed by atoms with E-state index in [1.165, 1.54) is 22.8 Å². The Morgan fingerprint density at radius 3 is 2.71 bits per heavy atom. The highest BCUT2D eigenvalue weighted by atomic mass is 16.5. The predicted molar refractivity (Wildman–Crippen MR) is 70.0 cm³/mol. The lowest BCUT2D eigenvalue weighted by Gasteiger charge is -2.03. The zero-order chi connectivity index (χ0) is 12.7. The molecule has 0 atom stereocenters. The normalized spacial score (nSPS) is 10.8. The van der Waals surface area contributed by atoms with Crippen molar-refractivity contribution in [2.45, 2.75) is 33.6 Å². The van der Waals surface area contributed by atoms with E-state index in [-0.39, 0.29) is 5.97 Å². The van der Waals surface area contributed by atoms with E-state index in [4.69, 9.17) is 4.74 Å². The van der Waals surface area contributed by atoms with Gasteiger partial charge in [-0.25, -0.2) is 4.79 Å². The highest BCUT2D eigenvalue weighted by molar-refractivity contribution is 5.81. The minimum atomic E-state index is -0.257. The average molecular weight is 232 g/mol. The average Bonchev–Trinajstić information content (AvgIpc) is 2.29. The number of hydrogen-bond acceptors (Lipinski definition) is 2. The second-order valence-electron chi connectivity index (χ2n) is 4.11. The second-order valence-corrected chi connectivity index (χ2v) is 4.11. The molecule has 0 aromatic heterocycles. The van der Waals surface area contributed by atoms with Crippen LogP contribution in [0.4, 0.5) is 0 Å². The third kappa shape index (κ3) is 4.85. The van der Waals surface area contributed by atoms with Crippen molar-refractivity contribution < 1.29 is 9.53 Å². The van der Waals surface area contributed by atoms with Gasteiger partial charge in [0.1, 0.15) is 0 Å². The molecule has 0 aliphatic heterocycles. The standard InChI is InChI=1S/C15H20O2/c1-4-17-15(16)8-6-5-7-14-10-9-12(2)13(3)11-14/h6,8-11H,4-5,7H2,1-3H3/b8-6+. The number of allylic oxidation sites excluding steroid dienone is 1. The van der Waals surface area contributed by atoms with Crippen LogP contribution in [0, 0.1) is 13.8 Å². The molecule has 2 nitrogen and oxygen atoms in total. The lowest BCUT2D eigenvalue weighted by atomic mass is 10.0. The molecule has 1 aromatic carbocycles. The molecule has 1 aromatic rings. The molecule has 0 amide bonds. The molecule has 0 spiro atoms. The fourth-order valence-corrected chi connectivity index (χ4v) is 1.58. The summed E-state index contributed by atoms with van der Waals surface area (Å²) in [5.41, 5.74) is 3.94. The number of ether oxygens (including phenoxy) is 1. The van der Waals surface area contributed by atoms with Crippen molar-refractivity contribution in [2.75, 3.05) is 6.61 Å². The number of hydrogen-bond donors (Lipinski definition) is 0. The zero-order valence-electron chi connectivity index (χ0n) is 10.8. The van der Waals surface area contributed by atoms with Crippen molar-refractivity contribution in [3.05, 3.63) is 47.0 Å². The first-order chi connectivity index (χ1) is 8.13. The first kappa shape index (κ1) is 13.5. The summed E-state index contributed by atoms with van der Waals surface area (Å²) in [6, 6.07) is 6.48. The highest BCUT2D eigenvalue weighted by Crippen LogP contribution is 2.11. The Labute approximate surface area is 103 Å². The molecule has 0 heterocycles. The van der Waals surface area contributed by atoms with Gasteiger partial charge in [-0.3, -0.25) is 0 Å². The Morgan fingerprint density at radius 2 is 2.06 bits per heavy atom. The Balaban J connectivity index is 2.40. The molecule has 1 rings (SSSR count). The van der Waals surface area contributed by atoms with Gasteiger partial charge in [-0.15, -0.1) is 0 Å². The summed E-state index contributed by atoms with van der Waals surface area (Å²) in [5, 5.41) is 0. The smallest absolute Gasteiger partial charge is 0.330 e. The van der Waals surface area contributed by atoms with Crippen LogP contribution in [0.1, 0.15) is 30.0 Å². The monoisotopic (exact) mass is 232 g/mol. The van der Waals surface area contributed by atoms with E-state index in [1.807, 2.05) is 6.08 Å². The van der Waals surface area contributed by atoms with Gasteiger partial charge >= 0.3 is 5.97 Å². The van der Waals surface area contributed by atoms with Crippen LogP contribution in [0.2, 0.25) is 0 Å². The summed E-state index contributed by atoms with van der Waals surface area (Å²) in [6.45, 7) is 6.47. The summed E-state index contributed by atoms with van der Waals surface area (Å²) in [5.74, 6) is -0.257. The largest absolute Gasteiger partial charge is 0.463 e. The van der Waals surface area contributed by atoms with Crippen molar-refractivity contribution in [3.8, 4) is 0 Å². The number of aryl methyl sites for hydroxylation is 3. The van der Waals surface area contributed by atoms with E-state index in [2.05, 4.69) is 32.0 Å². The van der Waals surface area contributed by atoms with Crippen LogP contribution in [0.15, 0.2) is 30.4 Å². The SMILES string of the molecule is CCOC(=O)/C=C/CCc1ccc(C)c(C)c1. The van der Waals surface area contributed by atoms with E-state index < -0.39 is 0 Å². The number of carbonyl (C=O) groups is 1. The molecule has 0 saturated heterocycles. The Morgan fingerprint density at radius 1 is 1.29 bits per heavy atom. The summed E-state index contributed by atoms with van der Waals surface area (Å²) >= 11 is 0. The van der Waals surface area contributed by atoms with Crippen LogP contribution in [0.5, 0.6) is 0 Å². The van der Waals surface area contributed by atoms with Crippen molar-refractivity contribution in [1.29, 1.82) is 0 Å². The van der Waals surface area contributed by atoms with Crippen molar-refractivity contribution in [2.24, 2.45) is 0 Å². The van der Waals surface area contributed by atoms with Gasteiger partial charge in [0.2, 0.25) is 0 Å². The van der Waals surface area contributed by atoms with Crippen LogP contribution < -0.4 is 0 Å². The van der Waals surface area contributed by atoms with Crippen LogP contribution in [-0.2, 0) is 16.0 Å². The topological polar surface area (TPSA) is 26.3 Å². The molecule has 0 aliphatic rings. The molecule has 0 aliphatic carbocycles. The zero-order valence-corrected chi connectivity index (χ0v) is 10.8. The fraction of sp³-hybridized carbons (Fsp3) is 0.400. The molecule has 0 fully saturated rings. The van der Waals surface area contributed by atoms with Gasteiger partial charge in [-0.05, 0) is 50.3 Å². The summed E-state index contributed by atoms with van der Waals surface area (Å²) in [4.78, 5) is 11.0. The molecule has 17 heavy (non-hydrogen) atoms. The van der Waals surface area contributed by atoms with Gasteiger partial charge in [0.25, 0.3) is 0 Å². The molecule has 0 N–H and O–H groups in total. The highest BCUT2D eigenvalue weighted by Gasteiger charge is 1.96. The van der Waals surface area contributed by atoms with Gasteiger partial charge in [-0.1, -0.05) is 24.3 Å². The Bertz CT molecular complexity index is 405. The van der Waals surface area contributed by atoms with Crippen LogP contribution in [-0.4, -0.2) is 12.6 Å². The van der Waals surface area contributed by atoms with E-state index in [0.717, 1.165) is 12.8 Å². The third-order valence-corrected chi connectivity index (χ3v) is 2.71. The van der Waals surface area contributed by atoms with Gasteiger partial charge in [0, 0.05) is 6.08 Å². The van der Waals surface area contributed by atoms with E-state index in [9.17, 15) is 4.79 Å². The fourth-order valence-electron chi connectivity index (χ4n) is 1.58. The molecule has 2 heteroatoms. The van der Waals surface area contributed by atoms with Gasteiger partial charge in [0.15, 0.2) is 0 Å². The maximum absolute atomic E-state index is 11.0. The second kappa shape index (κ2) is 6.89. The molecule has 92 valence electrons. The molecular formula is C15H20O2. The maximum atomic E-state index is 11.0. The van der Waals surface area contributed by atoms with E-state index >= 15 is 0 Å². The van der Waals surface area contributed by atoms with Crippen LogP contribution in [0.25, 0.3) is 0 Å². The van der Waals surface area contributed by atoms with Gasteiger partial charge < -0.3 is 4.74 Å². The summed E-state index contributed by atoms with van der Waals surface area (Å²) in [6.07, 6.45) is 5.19. The number of carbonyl (C=O) groups excluding carboxylic acids is 1. The molecule has 0 radical (unpaired) electrons. The third-order valence-electron chi connectivity index (χ3n) is 2.71. The lowest BCUT2D eigenvalue weighted by molar-refractivity contribution is -0.137. The first-order valence-electron chi connectivity index (χ1n) is 6.03. The van der Waals surface area contributed by atoms with Gasteiger partial charge in [0.05, 0.1) is 6.61 Å². The maximum Gasteiger partial charge on any atom is 0.330 e. The number of rotatable bonds is 5. The van der Waals surface area contributed by atoms with Crippen LogP contribution >= 0.6 is 0 Å². The molecule has 0 saturated carbocycles. The van der Waals surface area contributed by atoms with Crippen LogP contribution in [0.3, 0.4) is 0 Å². The van der Waals surface area contributed by atoms with Crippen molar-refractivity contribution >= 4 is 5.97 Å². The minimum Gasteiger partial charge on any atom is -0.463 e. The number of esters is 1. The van der Waals surface area contributed by atoms with Crippen molar-refractivity contribution in [3.63, 3.8) is 0 Å². The molecule has 0 bridgehead atoms. The van der Waals surface area contributed by atoms with Gasteiger partial charge in [-0.2, -0.15) is 0 Å². The Kier molecular flexibility index (Phi) is 5.47. The molecule has 0 unspecified atom stereocenters. The predicted octanol–water partition coefficient (Wildman–Crippen LogP) is 3.36. The first-order valence-corrected chi connectivity index (χ1v) is 6.03. The Hall–Kier alpha value is -1.57. The minimum absolute atomic E-state index is 0.257.